The SMILES string of the molecule is CCNC(=O)NC(=O)C(C)S(=O)C(CC)C(=O)O. The number of imide groups is 1. The largest absolute Gasteiger partial charge is 0.480 e. The van der Waals surface area contributed by atoms with E-state index in [4.69, 9.17) is 5.11 Å². The molecule has 0 aromatic heterocycles. The molecular formula is C10H18N2O5S. The third kappa shape index (κ3) is 4.82. The van der Waals surface area contributed by atoms with Crippen LogP contribution in [0, 0.1) is 0 Å². The van der Waals surface area contributed by atoms with E-state index >= 15 is 0 Å². The van der Waals surface area contributed by atoms with Gasteiger partial charge in [0.2, 0.25) is 5.91 Å². The van der Waals surface area contributed by atoms with Crippen molar-refractivity contribution in [2.24, 2.45) is 0 Å². The molecule has 0 aromatic rings. The second kappa shape index (κ2) is 7.80. The number of hydrogen-bond acceptors (Lipinski definition) is 4. The van der Waals surface area contributed by atoms with Gasteiger partial charge in [0.15, 0.2) is 0 Å². The Hall–Kier alpha value is -1.44. The van der Waals surface area contributed by atoms with Gasteiger partial charge in [0.25, 0.3) is 0 Å². The monoisotopic (exact) mass is 278 g/mol. The summed E-state index contributed by atoms with van der Waals surface area (Å²) in [6, 6.07) is -0.685. The molecule has 0 aliphatic carbocycles. The molecule has 0 aromatic carbocycles. The van der Waals surface area contributed by atoms with Gasteiger partial charge in [-0.1, -0.05) is 6.92 Å². The van der Waals surface area contributed by atoms with Crippen LogP contribution in [-0.2, 0) is 20.4 Å². The van der Waals surface area contributed by atoms with E-state index in [9.17, 15) is 18.6 Å². The Morgan fingerprint density at radius 3 is 2.22 bits per heavy atom. The van der Waals surface area contributed by atoms with Crippen molar-refractivity contribution in [3.05, 3.63) is 0 Å². The lowest BCUT2D eigenvalue weighted by molar-refractivity contribution is -0.136. The molecule has 0 saturated carbocycles. The minimum absolute atomic E-state index is 0.153. The van der Waals surface area contributed by atoms with Crippen LogP contribution in [0.25, 0.3) is 0 Å². The molecule has 0 rings (SSSR count). The van der Waals surface area contributed by atoms with Gasteiger partial charge >= 0.3 is 12.0 Å². The Bertz CT molecular complexity index is 358. The molecule has 7 nitrogen and oxygen atoms in total. The number of amides is 3. The van der Waals surface area contributed by atoms with E-state index in [-0.39, 0.29) is 6.42 Å². The molecule has 0 bridgehead atoms. The van der Waals surface area contributed by atoms with Crippen LogP contribution in [0.2, 0.25) is 0 Å². The van der Waals surface area contributed by atoms with Gasteiger partial charge in [0.05, 0.1) is 0 Å². The third-order valence-electron chi connectivity index (χ3n) is 2.22. The smallest absolute Gasteiger partial charge is 0.321 e. The maximum absolute atomic E-state index is 11.8. The number of nitrogens with one attached hydrogen (secondary N) is 2. The molecule has 3 N–H and O–H groups in total. The molecule has 0 heterocycles. The van der Waals surface area contributed by atoms with Crippen LogP contribution in [0.5, 0.6) is 0 Å². The highest BCUT2D eigenvalue weighted by Crippen LogP contribution is 2.08. The van der Waals surface area contributed by atoms with Gasteiger partial charge in [-0.2, -0.15) is 0 Å². The minimum atomic E-state index is -1.87. The van der Waals surface area contributed by atoms with E-state index in [0.717, 1.165) is 0 Å². The predicted molar refractivity (Wildman–Crippen MR) is 66.5 cm³/mol. The zero-order chi connectivity index (χ0) is 14.3. The van der Waals surface area contributed by atoms with Gasteiger partial charge in [0, 0.05) is 17.3 Å². The first-order valence-corrected chi connectivity index (χ1v) is 6.83. The molecule has 0 aliphatic rings. The van der Waals surface area contributed by atoms with Crippen LogP contribution in [-0.4, -0.2) is 44.3 Å². The maximum atomic E-state index is 11.8. The Balaban J connectivity index is 4.58. The van der Waals surface area contributed by atoms with Crippen molar-refractivity contribution in [3.8, 4) is 0 Å². The van der Waals surface area contributed by atoms with E-state index in [0.29, 0.717) is 6.54 Å². The molecule has 8 heteroatoms. The zero-order valence-electron chi connectivity index (χ0n) is 10.6. The van der Waals surface area contributed by atoms with Gasteiger partial charge in [0.1, 0.15) is 10.5 Å². The second-order valence-electron chi connectivity index (χ2n) is 3.55. The Morgan fingerprint density at radius 2 is 1.83 bits per heavy atom. The molecule has 0 radical (unpaired) electrons. The summed E-state index contributed by atoms with van der Waals surface area (Å²) in [7, 11) is -1.87. The van der Waals surface area contributed by atoms with E-state index in [2.05, 4.69) is 5.32 Å². The van der Waals surface area contributed by atoms with Gasteiger partial charge < -0.3 is 10.4 Å². The molecule has 3 atom stereocenters. The summed E-state index contributed by atoms with van der Waals surface area (Å²) in [4.78, 5) is 33.5. The standard InChI is InChI=1S/C10H18N2O5S/c1-4-7(9(14)15)18(17)6(3)8(13)12-10(16)11-5-2/h6-7H,4-5H2,1-3H3,(H,14,15)(H2,11,12,13,16). The summed E-state index contributed by atoms with van der Waals surface area (Å²) in [5.74, 6) is -1.97. The fraction of sp³-hybridized carbons (Fsp3) is 0.700. The van der Waals surface area contributed by atoms with E-state index < -0.39 is 39.2 Å². The highest BCUT2D eigenvalue weighted by molar-refractivity contribution is 7.87. The number of hydrogen-bond donors (Lipinski definition) is 3. The average Bonchev–Trinajstić information content (AvgIpc) is 2.28. The topological polar surface area (TPSA) is 113 Å². The van der Waals surface area contributed by atoms with E-state index in [1.807, 2.05) is 5.32 Å². The van der Waals surface area contributed by atoms with Gasteiger partial charge in [-0.15, -0.1) is 0 Å². The average molecular weight is 278 g/mol. The number of carbonyl (C=O) groups excluding carboxylic acids is 2. The molecule has 0 spiro atoms. The Labute approximate surface area is 108 Å². The summed E-state index contributed by atoms with van der Waals surface area (Å²) in [6.07, 6.45) is 0.153. The predicted octanol–water partition coefficient (Wildman–Crippen LogP) is -0.167. The lowest BCUT2D eigenvalue weighted by Crippen LogP contribution is -2.46. The number of carbonyl (C=O) groups is 3. The molecule has 3 unspecified atom stereocenters. The lowest BCUT2D eigenvalue weighted by atomic mass is 10.3. The van der Waals surface area contributed by atoms with Crippen LogP contribution < -0.4 is 10.6 Å². The van der Waals surface area contributed by atoms with Crippen molar-refractivity contribution >= 4 is 28.7 Å². The van der Waals surface area contributed by atoms with Gasteiger partial charge in [-0.3, -0.25) is 19.1 Å². The third-order valence-corrected chi connectivity index (χ3v) is 4.23. The number of rotatable bonds is 6. The normalized spacial score (nSPS) is 15.3. The first-order valence-electron chi connectivity index (χ1n) is 5.55. The first-order chi connectivity index (χ1) is 8.34. The first kappa shape index (κ1) is 16.6. The van der Waals surface area contributed by atoms with Gasteiger partial charge in [-0.25, -0.2) is 4.79 Å². The fourth-order valence-electron chi connectivity index (χ4n) is 1.21. The highest BCUT2D eigenvalue weighted by atomic mass is 32.2. The summed E-state index contributed by atoms with van der Waals surface area (Å²) in [5, 5.41) is 11.0. The summed E-state index contributed by atoms with van der Waals surface area (Å²) >= 11 is 0. The van der Waals surface area contributed by atoms with Crippen LogP contribution in [0.4, 0.5) is 4.79 Å². The van der Waals surface area contributed by atoms with Crippen LogP contribution >= 0.6 is 0 Å². The van der Waals surface area contributed by atoms with Crippen molar-refractivity contribution in [2.45, 2.75) is 37.7 Å². The zero-order valence-corrected chi connectivity index (χ0v) is 11.4. The highest BCUT2D eigenvalue weighted by Gasteiger charge is 2.31. The molecule has 3 amide bonds. The molecule has 104 valence electrons. The number of carboxylic acid groups (broad SMARTS) is 1. The van der Waals surface area contributed by atoms with Crippen molar-refractivity contribution in [1.29, 1.82) is 0 Å². The van der Waals surface area contributed by atoms with Crippen molar-refractivity contribution in [1.82, 2.24) is 10.6 Å². The molecule has 0 fully saturated rings. The van der Waals surface area contributed by atoms with Crippen molar-refractivity contribution in [3.63, 3.8) is 0 Å². The minimum Gasteiger partial charge on any atom is -0.480 e. The van der Waals surface area contributed by atoms with Crippen molar-refractivity contribution in [2.75, 3.05) is 6.54 Å². The number of urea groups is 1. The molecule has 18 heavy (non-hydrogen) atoms. The van der Waals surface area contributed by atoms with Gasteiger partial charge in [-0.05, 0) is 20.3 Å². The maximum Gasteiger partial charge on any atom is 0.321 e. The quantitative estimate of drug-likeness (QED) is 0.624. The van der Waals surface area contributed by atoms with E-state index in [1.165, 1.54) is 6.92 Å². The fourth-order valence-corrected chi connectivity index (χ4v) is 2.50. The molecule has 0 saturated heterocycles. The van der Waals surface area contributed by atoms with E-state index in [1.54, 1.807) is 13.8 Å². The van der Waals surface area contributed by atoms with Crippen molar-refractivity contribution < 1.29 is 23.7 Å². The summed E-state index contributed by atoms with van der Waals surface area (Å²) < 4.78 is 11.8. The number of aliphatic carboxylic acids is 1. The second-order valence-corrected chi connectivity index (χ2v) is 5.49. The lowest BCUT2D eigenvalue weighted by Gasteiger charge is -2.15. The summed E-state index contributed by atoms with van der Waals surface area (Å²) in [6.45, 7) is 4.94. The molecular weight excluding hydrogens is 260 g/mol. The Kier molecular flexibility index (Phi) is 7.18. The van der Waals surface area contributed by atoms with Crippen LogP contribution in [0.1, 0.15) is 27.2 Å². The van der Waals surface area contributed by atoms with Crippen LogP contribution in [0.3, 0.4) is 0 Å². The number of carboxylic acids is 1. The summed E-state index contributed by atoms with van der Waals surface area (Å²) in [5.41, 5.74) is 0. The van der Waals surface area contributed by atoms with Crippen LogP contribution in [0.15, 0.2) is 0 Å². The Morgan fingerprint density at radius 1 is 1.28 bits per heavy atom. The molecule has 0 aliphatic heterocycles.